The molecule has 2 fully saturated rings. The highest BCUT2D eigenvalue weighted by atomic mass is 16.5. The van der Waals surface area contributed by atoms with Crippen LogP contribution in [0.5, 0.6) is 11.5 Å². The molecule has 3 amide bonds. The van der Waals surface area contributed by atoms with Crippen molar-refractivity contribution < 1.29 is 19.1 Å². The van der Waals surface area contributed by atoms with Crippen LogP contribution >= 0.6 is 0 Å². The Morgan fingerprint density at radius 2 is 1.97 bits per heavy atom. The van der Waals surface area contributed by atoms with Crippen LogP contribution in [0.4, 0.5) is 10.5 Å². The first kappa shape index (κ1) is 24.9. The SMILES string of the molecule is COc1ccc(N2CCN(Cc3ccnc4c3ccn4CC(=O)N(C)C)C2=O)cc1OCCCC1CC1. The van der Waals surface area contributed by atoms with Crippen LogP contribution in [-0.2, 0) is 17.9 Å². The molecule has 0 spiro atoms. The van der Waals surface area contributed by atoms with Gasteiger partial charge < -0.3 is 23.8 Å². The Bertz CT molecular complexity index is 1280. The van der Waals surface area contributed by atoms with E-state index in [1.54, 1.807) is 37.2 Å². The summed E-state index contributed by atoms with van der Waals surface area (Å²) in [6.45, 7) is 2.56. The van der Waals surface area contributed by atoms with Gasteiger partial charge in [-0.05, 0) is 48.6 Å². The molecular formula is C28H35N5O4. The number of hydrogen-bond acceptors (Lipinski definition) is 5. The van der Waals surface area contributed by atoms with Gasteiger partial charge in [0.05, 0.1) is 13.7 Å². The van der Waals surface area contributed by atoms with Crippen LogP contribution in [0.2, 0.25) is 0 Å². The van der Waals surface area contributed by atoms with E-state index in [0.29, 0.717) is 37.7 Å². The third-order valence-corrected chi connectivity index (χ3v) is 7.18. The van der Waals surface area contributed by atoms with Crippen molar-refractivity contribution in [2.45, 2.75) is 38.8 Å². The Hall–Kier alpha value is -3.75. The average molecular weight is 506 g/mol. The van der Waals surface area contributed by atoms with Crippen molar-refractivity contribution >= 4 is 28.7 Å². The molecule has 2 aliphatic rings. The van der Waals surface area contributed by atoms with Crippen LogP contribution in [0.3, 0.4) is 0 Å². The fourth-order valence-corrected chi connectivity index (χ4v) is 4.78. The standard InChI is InChI=1S/C28H35N5O4/c1-30(2)26(34)19-31-13-11-23-21(10-12-29-27(23)31)18-32-14-15-33(28(32)35)22-8-9-24(36-3)25(17-22)37-16-4-5-20-6-7-20/h8-13,17,20H,4-7,14-16,18-19H2,1-3H3. The Morgan fingerprint density at radius 3 is 2.73 bits per heavy atom. The fraction of sp³-hybridized carbons (Fsp3) is 0.464. The molecule has 3 aromatic rings. The number of carbonyl (C=O) groups is 2. The highest BCUT2D eigenvalue weighted by molar-refractivity contribution is 5.95. The Balaban J connectivity index is 1.27. The lowest BCUT2D eigenvalue weighted by Crippen LogP contribution is -2.31. The number of benzene rings is 1. The number of fused-ring (bicyclic) bond motifs is 1. The first-order chi connectivity index (χ1) is 17.9. The molecule has 2 aromatic heterocycles. The second-order valence-corrected chi connectivity index (χ2v) is 10.1. The second kappa shape index (κ2) is 10.7. The number of methoxy groups -OCH3 is 1. The van der Waals surface area contributed by atoms with Gasteiger partial charge in [-0.1, -0.05) is 12.8 Å². The Morgan fingerprint density at radius 1 is 1.14 bits per heavy atom. The van der Waals surface area contributed by atoms with Crippen molar-refractivity contribution in [3.8, 4) is 11.5 Å². The molecule has 5 rings (SSSR count). The number of carbonyl (C=O) groups excluding carboxylic acids is 2. The van der Waals surface area contributed by atoms with Crippen molar-refractivity contribution in [2.24, 2.45) is 5.92 Å². The van der Waals surface area contributed by atoms with E-state index in [-0.39, 0.29) is 18.5 Å². The molecule has 196 valence electrons. The minimum Gasteiger partial charge on any atom is -0.493 e. The van der Waals surface area contributed by atoms with Gasteiger partial charge in [-0.15, -0.1) is 0 Å². The van der Waals surface area contributed by atoms with Crippen LogP contribution in [0.25, 0.3) is 11.0 Å². The maximum absolute atomic E-state index is 13.4. The Kier molecular flexibility index (Phi) is 7.21. The summed E-state index contributed by atoms with van der Waals surface area (Å²) in [5.74, 6) is 2.23. The molecule has 0 unspecified atom stereocenters. The molecule has 1 saturated heterocycles. The van der Waals surface area contributed by atoms with E-state index in [2.05, 4.69) is 4.98 Å². The van der Waals surface area contributed by atoms with Gasteiger partial charge in [0.1, 0.15) is 12.2 Å². The van der Waals surface area contributed by atoms with E-state index in [9.17, 15) is 9.59 Å². The van der Waals surface area contributed by atoms with Crippen LogP contribution in [0.1, 0.15) is 31.2 Å². The number of hydrogen-bond donors (Lipinski definition) is 0. The molecule has 0 bridgehead atoms. The molecule has 9 heteroatoms. The van der Waals surface area contributed by atoms with Crippen molar-refractivity contribution in [3.05, 3.63) is 48.3 Å². The van der Waals surface area contributed by atoms with E-state index in [1.165, 1.54) is 19.3 Å². The molecule has 0 N–H and O–H groups in total. The van der Waals surface area contributed by atoms with Crippen LogP contribution in [0, 0.1) is 5.92 Å². The number of urea groups is 1. The number of rotatable bonds is 11. The van der Waals surface area contributed by atoms with Crippen molar-refractivity contribution in [1.29, 1.82) is 0 Å². The zero-order valence-electron chi connectivity index (χ0n) is 21.9. The first-order valence-corrected chi connectivity index (χ1v) is 12.9. The number of aromatic nitrogens is 2. The van der Waals surface area contributed by atoms with Gasteiger partial charge in [-0.2, -0.15) is 0 Å². The second-order valence-electron chi connectivity index (χ2n) is 10.1. The number of pyridine rings is 1. The molecule has 1 saturated carbocycles. The van der Waals surface area contributed by atoms with Crippen molar-refractivity contribution in [3.63, 3.8) is 0 Å². The Labute approximate surface area is 217 Å². The largest absolute Gasteiger partial charge is 0.493 e. The zero-order chi connectivity index (χ0) is 25.9. The maximum atomic E-state index is 13.4. The lowest BCUT2D eigenvalue weighted by molar-refractivity contribution is -0.129. The number of ether oxygens (including phenoxy) is 2. The van der Waals surface area contributed by atoms with Crippen molar-refractivity contribution in [2.75, 3.05) is 45.8 Å². The molecule has 37 heavy (non-hydrogen) atoms. The van der Waals surface area contributed by atoms with Gasteiger partial charge >= 0.3 is 6.03 Å². The van der Waals surface area contributed by atoms with Gasteiger partial charge in [0.15, 0.2) is 11.5 Å². The molecule has 9 nitrogen and oxygen atoms in total. The van der Waals surface area contributed by atoms with E-state index >= 15 is 0 Å². The summed E-state index contributed by atoms with van der Waals surface area (Å²) < 4.78 is 13.4. The summed E-state index contributed by atoms with van der Waals surface area (Å²) in [4.78, 5) is 35.3. The number of anilines is 1. The topological polar surface area (TPSA) is 80.1 Å². The monoisotopic (exact) mass is 505 g/mol. The van der Waals surface area contributed by atoms with Gasteiger partial charge in [-0.25, -0.2) is 9.78 Å². The van der Waals surface area contributed by atoms with Crippen molar-refractivity contribution in [1.82, 2.24) is 19.4 Å². The lowest BCUT2D eigenvalue weighted by Gasteiger charge is -2.20. The third kappa shape index (κ3) is 5.50. The summed E-state index contributed by atoms with van der Waals surface area (Å²) in [5.41, 5.74) is 2.55. The van der Waals surface area contributed by atoms with E-state index < -0.39 is 0 Å². The third-order valence-electron chi connectivity index (χ3n) is 7.18. The van der Waals surface area contributed by atoms with Gasteiger partial charge in [-0.3, -0.25) is 9.69 Å². The predicted octanol–water partition coefficient (Wildman–Crippen LogP) is 4.14. The van der Waals surface area contributed by atoms with Gasteiger partial charge in [0.25, 0.3) is 0 Å². The van der Waals surface area contributed by atoms with Gasteiger partial charge in [0.2, 0.25) is 5.91 Å². The highest BCUT2D eigenvalue weighted by Crippen LogP contribution is 2.35. The first-order valence-electron chi connectivity index (χ1n) is 12.9. The minimum atomic E-state index is -0.0444. The summed E-state index contributed by atoms with van der Waals surface area (Å²) in [6.07, 6.45) is 8.55. The number of nitrogens with zero attached hydrogens (tertiary/aromatic N) is 5. The van der Waals surface area contributed by atoms with E-state index in [0.717, 1.165) is 34.6 Å². The number of amides is 3. The minimum absolute atomic E-state index is 0.000759. The molecule has 1 aliphatic heterocycles. The average Bonchev–Trinajstić information content (AvgIpc) is 3.53. The summed E-state index contributed by atoms with van der Waals surface area (Å²) in [7, 11) is 5.11. The number of likely N-dealkylation sites (N-methyl/N-ethyl adjacent to an activating group) is 1. The predicted molar refractivity (Wildman–Crippen MR) is 142 cm³/mol. The van der Waals surface area contributed by atoms with Crippen LogP contribution in [-0.4, -0.2) is 72.2 Å². The van der Waals surface area contributed by atoms with Gasteiger partial charge in [0, 0.05) is 63.3 Å². The molecule has 0 radical (unpaired) electrons. The van der Waals surface area contributed by atoms with Crippen LogP contribution < -0.4 is 14.4 Å². The molecule has 1 aliphatic carbocycles. The smallest absolute Gasteiger partial charge is 0.324 e. The highest BCUT2D eigenvalue weighted by Gasteiger charge is 2.30. The normalized spacial score (nSPS) is 15.5. The van der Waals surface area contributed by atoms with Crippen LogP contribution in [0.15, 0.2) is 42.7 Å². The lowest BCUT2D eigenvalue weighted by atomic mass is 10.2. The molecule has 1 aromatic carbocycles. The quantitative estimate of drug-likeness (QED) is 0.366. The van der Waals surface area contributed by atoms with E-state index in [1.807, 2.05) is 46.0 Å². The van der Waals surface area contributed by atoms with E-state index in [4.69, 9.17) is 9.47 Å². The molecular weight excluding hydrogens is 470 g/mol. The summed E-state index contributed by atoms with van der Waals surface area (Å²) in [5, 5.41) is 0.951. The maximum Gasteiger partial charge on any atom is 0.324 e. The zero-order valence-corrected chi connectivity index (χ0v) is 21.9. The molecule has 0 atom stereocenters. The summed E-state index contributed by atoms with van der Waals surface area (Å²) in [6, 6.07) is 9.54. The fourth-order valence-electron chi connectivity index (χ4n) is 4.78. The molecule has 3 heterocycles. The summed E-state index contributed by atoms with van der Waals surface area (Å²) >= 11 is 0.